The lowest BCUT2D eigenvalue weighted by atomic mass is 10.2. The van der Waals surface area contributed by atoms with Crippen molar-refractivity contribution < 1.29 is 8.42 Å². The van der Waals surface area contributed by atoms with Crippen LogP contribution in [0.5, 0.6) is 0 Å². The summed E-state index contributed by atoms with van der Waals surface area (Å²) in [5.41, 5.74) is 1.07. The molecule has 1 aromatic rings. The van der Waals surface area contributed by atoms with Gasteiger partial charge < -0.3 is 0 Å². The lowest BCUT2D eigenvalue weighted by molar-refractivity contribution is 0.573. The molecule has 0 aliphatic rings. The van der Waals surface area contributed by atoms with E-state index < -0.39 is 10.0 Å². The molecule has 0 unspecified atom stereocenters. The van der Waals surface area contributed by atoms with Crippen molar-refractivity contribution >= 4 is 26.0 Å². The monoisotopic (exact) mass is 333 g/mol. The van der Waals surface area contributed by atoms with Crippen LogP contribution in [0, 0.1) is 0 Å². The lowest BCUT2D eigenvalue weighted by Gasteiger charge is -2.07. The van der Waals surface area contributed by atoms with Crippen molar-refractivity contribution in [1.29, 1.82) is 0 Å². The first-order valence-electron chi connectivity index (χ1n) is 6.24. The molecular formula is C13H20BrNO2S. The largest absolute Gasteiger partial charge is 0.240 e. The average Bonchev–Trinajstić information content (AvgIpc) is 2.38. The van der Waals surface area contributed by atoms with Crippen LogP contribution < -0.4 is 4.72 Å². The van der Waals surface area contributed by atoms with Gasteiger partial charge in [0.1, 0.15) is 0 Å². The SMILES string of the molecule is CCCCCCNS(=O)(=O)c1ccc(CBr)cc1. The van der Waals surface area contributed by atoms with Crippen LogP contribution in [-0.4, -0.2) is 15.0 Å². The van der Waals surface area contributed by atoms with Gasteiger partial charge in [0.15, 0.2) is 0 Å². The number of benzene rings is 1. The summed E-state index contributed by atoms with van der Waals surface area (Å²) in [5, 5.41) is 0.734. The molecule has 0 fully saturated rings. The second-order valence-electron chi connectivity index (χ2n) is 4.24. The fourth-order valence-electron chi connectivity index (χ4n) is 1.60. The van der Waals surface area contributed by atoms with E-state index in [4.69, 9.17) is 0 Å². The molecule has 0 spiro atoms. The Balaban J connectivity index is 2.51. The van der Waals surface area contributed by atoms with Gasteiger partial charge in [0, 0.05) is 11.9 Å². The van der Waals surface area contributed by atoms with Gasteiger partial charge in [-0.15, -0.1) is 0 Å². The highest BCUT2D eigenvalue weighted by Crippen LogP contribution is 2.12. The highest BCUT2D eigenvalue weighted by molar-refractivity contribution is 9.08. The highest BCUT2D eigenvalue weighted by Gasteiger charge is 2.12. The van der Waals surface area contributed by atoms with Gasteiger partial charge in [0.05, 0.1) is 4.90 Å². The summed E-state index contributed by atoms with van der Waals surface area (Å²) in [7, 11) is -3.34. The van der Waals surface area contributed by atoms with Crippen LogP contribution in [0.3, 0.4) is 0 Å². The summed E-state index contributed by atoms with van der Waals surface area (Å²) in [6, 6.07) is 6.93. The quantitative estimate of drug-likeness (QED) is 0.585. The number of rotatable bonds is 8. The first kappa shape index (κ1) is 15.7. The minimum absolute atomic E-state index is 0.336. The van der Waals surface area contributed by atoms with E-state index in [9.17, 15) is 8.42 Å². The summed E-state index contributed by atoms with van der Waals surface area (Å²) in [5.74, 6) is 0. The number of halogens is 1. The van der Waals surface area contributed by atoms with E-state index in [-0.39, 0.29) is 0 Å². The normalized spacial score (nSPS) is 11.7. The van der Waals surface area contributed by atoms with Crippen molar-refractivity contribution in [2.24, 2.45) is 0 Å². The third-order valence-corrected chi connectivity index (χ3v) is 4.83. The molecule has 0 bridgehead atoms. The van der Waals surface area contributed by atoms with E-state index in [1.165, 1.54) is 0 Å². The molecule has 0 atom stereocenters. The van der Waals surface area contributed by atoms with Crippen LogP contribution >= 0.6 is 15.9 Å². The molecular weight excluding hydrogens is 314 g/mol. The van der Waals surface area contributed by atoms with Gasteiger partial charge in [-0.3, -0.25) is 0 Å². The number of alkyl halides is 1. The maximum absolute atomic E-state index is 11.9. The molecule has 0 saturated carbocycles. The smallest absolute Gasteiger partial charge is 0.211 e. The summed E-state index contributed by atoms with van der Waals surface area (Å²) >= 11 is 3.33. The highest BCUT2D eigenvalue weighted by atomic mass is 79.9. The zero-order valence-corrected chi connectivity index (χ0v) is 13.1. The molecule has 1 N–H and O–H groups in total. The molecule has 1 aromatic carbocycles. The van der Waals surface area contributed by atoms with Gasteiger partial charge in [-0.1, -0.05) is 54.2 Å². The maximum Gasteiger partial charge on any atom is 0.240 e. The zero-order valence-electron chi connectivity index (χ0n) is 10.7. The Morgan fingerprint density at radius 2 is 1.78 bits per heavy atom. The molecule has 0 heterocycles. The van der Waals surface area contributed by atoms with E-state index >= 15 is 0 Å². The van der Waals surface area contributed by atoms with Gasteiger partial charge in [-0.25, -0.2) is 13.1 Å². The molecule has 5 heteroatoms. The summed E-state index contributed by atoms with van der Waals surface area (Å²) in [4.78, 5) is 0.336. The predicted octanol–water partition coefficient (Wildman–Crippen LogP) is 3.44. The van der Waals surface area contributed by atoms with Crippen molar-refractivity contribution in [3.63, 3.8) is 0 Å². The Hall–Kier alpha value is -0.390. The fraction of sp³-hybridized carbons (Fsp3) is 0.538. The summed E-state index contributed by atoms with van der Waals surface area (Å²) in [6.45, 7) is 2.65. The van der Waals surface area contributed by atoms with Crippen LogP contribution in [0.1, 0.15) is 38.2 Å². The molecule has 0 amide bonds. The topological polar surface area (TPSA) is 46.2 Å². The lowest BCUT2D eigenvalue weighted by Crippen LogP contribution is -2.24. The Morgan fingerprint density at radius 3 is 2.33 bits per heavy atom. The standard InChI is InChI=1S/C13H20BrNO2S/c1-2-3-4-5-10-15-18(16,17)13-8-6-12(11-14)7-9-13/h6-9,15H,2-5,10-11H2,1H3. The average molecular weight is 334 g/mol. The van der Waals surface area contributed by atoms with Gasteiger partial charge in [-0.05, 0) is 24.1 Å². The Morgan fingerprint density at radius 1 is 1.11 bits per heavy atom. The van der Waals surface area contributed by atoms with E-state index in [1.807, 2.05) is 12.1 Å². The molecule has 1 rings (SSSR count). The third kappa shape index (κ3) is 5.08. The minimum Gasteiger partial charge on any atom is -0.211 e. The number of hydrogen-bond acceptors (Lipinski definition) is 2. The van der Waals surface area contributed by atoms with Crippen molar-refractivity contribution in [3.05, 3.63) is 29.8 Å². The zero-order chi connectivity index (χ0) is 13.4. The van der Waals surface area contributed by atoms with Crippen molar-refractivity contribution in [1.82, 2.24) is 4.72 Å². The Bertz CT molecular complexity index is 443. The molecule has 0 radical (unpaired) electrons. The predicted molar refractivity (Wildman–Crippen MR) is 78.4 cm³/mol. The van der Waals surface area contributed by atoms with E-state index in [0.29, 0.717) is 11.4 Å². The number of hydrogen-bond donors (Lipinski definition) is 1. The van der Waals surface area contributed by atoms with Gasteiger partial charge in [0.25, 0.3) is 0 Å². The van der Waals surface area contributed by atoms with Crippen LogP contribution in [0.2, 0.25) is 0 Å². The minimum atomic E-state index is -3.34. The van der Waals surface area contributed by atoms with Gasteiger partial charge in [0.2, 0.25) is 10.0 Å². The number of unbranched alkanes of at least 4 members (excludes halogenated alkanes) is 3. The molecule has 3 nitrogen and oxygen atoms in total. The first-order chi connectivity index (χ1) is 8.60. The molecule has 102 valence electrons. The number of sulfonamides is 1. The van der Waals surface area contributed by atoms with Crippen molar-refractivity contribution in [2.45, 2.75) is 42.8 Å². The van der Waals surface area contributed by atoms with E-state index in [2.05, 4.69) is 27.6 Å². The van der Waals surface area contributed by atoms with E-state index in [0.717, 1.165) is 36.6 Å². The van der Waals surface area contributed by atoms with Crippen LogP contribution in [-0.2, 0) is 15.4 Å². The summed E-state index contributed by atoms with van der Waals surface area (Å²) in [6.07, 6.45) is 4.27. The molecule has 18 heavy (non-hydrogen) atoms. The Kier molecular flexibility index (Phi) is 6.89. The molecule has 0 saturated heterocycles. The van der Waals surface area contributed by atoms with E-state index in [1.54, 1.807) is 12.1 Å². The Labute approximate surface area is 118 Å². The second-order valence-corrected chi connectivity index (χ2v) is 6.56. The van der Waals surface area contributed by atoms with Gasteiger partial charge in [-0.2, -0.15) is 0 Å². The molecule has 0 aromatic heterocycles. The summed E-state index contributed by atoms with van der Waals surface area (Å²) < 4.78 is 26.5. The third-order valence-electron chi connectivity index (χ3n) is 2.71. The van der Waals surface area contributed by atoms with Crippen LogP contribution in [0.4, 0.5) is 0 Å². The first-order valence-corrected chi connectivity index (χ1v) is 8.85. The maximum atomic E-state index is 11.9. The van der Waals surface area contributed by atoms with Crippen LogP contribution in [0.25, 0.3) is 0 Å². The molecule has 0 aliphatic carbocycles. The van der Waals surface area contributed by atoms with Crippen molar-refractivity contribution in [3.8, 4) is 0 Å². The van der Waals surface area contributed by atoms with Crippen LogP contribution in [0.15, 0.2) is 29.2 Å². The molecule has 0 aliphatic heterocycles. The fourth-order valence-corrected chi connectivity index (χ4v) is 3.05. The second kappa shape index (κ2) is 7.92. The van der Waals surface area contributed by atoms with Crippen molar-refractivity contribution in [2.75, 3.05) is 6.54 Å². The number of nitrogens with one attached hydrogen (secondary N) is 1. The van der Waals surface area contributed by atoms with Gasteiger partial charge >= 0.3 is 0 Å².